The Morgan fingerprint density at radius 3 is 2.28 bits per heavy atom. The number of anilines is 1. The second-order valence-corrected chi connectivity index (χ2v) is 7.49. The third-order valence-corrected chi connectivity index (χ3v) is 5.33. The monoisotopic (exact) mass is 447 g/mol. The first-order valence-corrected chi connectivity index (χ1v) is 10.1. The Kier molecular flexibility index (Phi) is 5.90. The summed E-state index contributed by atoms with van der Waals surface area (Å²) in [7, 11) is 0. The highest BCUT2D eigenvalue weighted by atomic mass is 19.2. The van der Waals surface area contributed by atoms with Crippen molar-refractivity contribution in [3.05, 3.63) is 75.9 Å². The fourth-order valence-corrected chi connectivity index (χ4v) is 3.77. The maximum atomic E-state index is 13.9. The molecule has 0 atom stereocenters. The number of fused-ring (bicyclic) bond motifs is 3. The number of rotatable bonds is 5. The van der Waals surface area contributed by atoms with E-state index < -0.39 is 47.0 Å². The number of nitrogens with one attached hydrogen (secondary N) is 1. The molecule has 32 heavy (non-hydrogen) atoms. The molecule has 0 radical (unpaired) electrons. The largest absolute Gasteiger partial charge is 0.309 e. The van der Waals surface area contributed by atoms with Crippen LogP contribution in [0, 0.1) is 29.1 Å². The lowest BCUT2D eigenvalue weighted by Crippen LogP contribution is -2.21. The van der Waals surface area contributed by atoms with Crippen molar-refractivity contribution in [2.45, 2.75) is 39.0 Å². The molecule has 1 aliphatic rings. The number of amides is 1. The van der Waals surface area contributed by atoms with Crippen LogP contribution in [0.5, 0.6) is 0 Å². The van der Waals surface area contributed by atoms with Crippen LogP contribution < -0.4 is 5.32 Å². The number of nitrogens with zero attached hydrogens (tertiary/aromatic N) is 2. The molecule has 1 aliphatic carbocycles. The molecular formula is C23H18F5N3O. The van der Waals surface area contributed by atoms with Gasteiger partial charge in [0.2, 0.25) is 11.7 Å². The van der Waals surface area contributed by atoms with E-state index in [0.29, 0.717) is 36.3 Å². The Hall–Kier alpha value is -3.36. The summed E-state index contributed by atoms with van der Waals surface area (Å²) in [6, 6.07) is 7.80. The highest BCUT2D eigenvalue weighted by Crippen LogP contribution is 2.33. The topological polar surface area (TPSA) is 54.9 Å². The molecular weight excluding hydrogens is 429 g/mol. The summed E-state index contributed by atoms with van der Waals surface area (Å²) >= 11 is 0. The zero-order valence-electron chi connectivity index (χ0n) is 17.0. The fourth-order valence-electron chi connectivity index (χ4n) is 3.77. The van der Waals surface area contributed by atoms with Gasteiger partial charge in [0.25, 0.3) is 0 Å². The van der Waals surface area contributed by atoms with Crippen molar-refractivity contribution in [1.29, 1.82) is 0 Å². The molecule has 1 amide bonds. The Labute approximate surface area is 180 Å². The van der Waals surface area contributed by atoms with E-state index in [0.717, 1.165) is 17.5 Å². The van der Waals surface area contributed by atoms with E-state index in [9.17, 15) is 26.7 Å². The SMILES string of the molecule is CCCc1nc2c(nc1NC(=O)Cc1c(F)c(F)c(F)c(F)c1F)CCc1ccccc1-2. The van der Waals surface area contributed by atoms with Gasteiger partial charge in [0.15, 0.2) is 29.1 Å². The van der Waals surface area contributed by atoms with Gasteiger partial charge in [0, 0.05) is 11.1 Å². The van der Waals surface area contributed by atoms with Crippen molar-refractivity contribution in [2.75, 3.05) is 5.32 Å². The Morgan fingerprint density at radius 1 is 0.938 bits per heavy atom. The molecule has 0 unspecified atom stereocenters. The van der Waals surface area contributed by atoms with Crippen molar-refractivity contribution in [1.82, 2.24) is 9.97 Å². The standard InChI is InChI=1S/C23H18F5N3O/c1-2-5-15-23(30-14-9-8-11-6-3-4-7-12(11)22(14)29-15)31-16(32)10-13-17(24)19(26)21(28)20(27)18(13)25/h3-4,6-7H,2,5,8-10H2,1H3,(H,30,31,32). The second kappa shape index (κ2) is 8.64. The molecule has 2 aromatic carbocycles. The predicted molar refractivity (Wildman–Crippen MR) is 107 cm³/mol. The molecule has 0 fully saturated rings. The zero-order valence-corrected chi connectivity index (χ0v) is 17.0. The molecule has 1 aromatic heterocycles. The third-order valence-electron chi connectivity index (χ3n) is 5.33. The summed E-state index contributed by atoms with van der Waals surface area (Å²) in [5.74, 6) is -11.3. The van der Waals surface area contributed by atoms with Gasteiger partial charge in [0.05, 0.1) is 23.5 Å². The predicted octanol–water partition coefficient (Wildman–Crippen LogP) is 5.07. The van der Waals surface area contributed by atoms with E-state index in [1.807, 2.05) is 31.2 Å². The first kappa shape index (κ1) is 21.9. The van der Waals surface area contributed by atoms with E-state index in [1.165, 1.54) is 0 Å². The van der Waals surface area contributed by atoms with Crippen molar-refractivity contribution >= 4 is 11.7 Å². The van der Waals surface area contributed by atoms with Gasteiger partial charge in [0.1, 0.15) is 0 Å². The van der Waals surface area contributed by atoms with Crippen LogP contribution in [-0.2, 0) is 30.5 Å². The minimum absolute atomic E-state index is 0.124. The van der Waals surface area contributed by atoms with Crippen LogP contribution in [-0.4, -0.2) is 15.9 Å². The van der Waals surface area contributed by atoms with Crippen LogP contribution in [0.4, 0.5) is 27.8 Å². The van der Waals surface area contributed by atoms with Gasteiger partial charge in [-0.15, -0.1) is 0 Å². The number of carbonyl (C=O) groups is 1. The van der Waals surface area contributed by atoms with Gasteiger partial charge >= 0.3 is 0 Å². The summed E-state index contributed by atoms with van der Waals surface area (Å²) in [5, 5.41) is 2.44. The van der Waals surface area contributed by atoms with Crippen LogP contribution in [0.1, 0.15) is 35.9 Å². The molecule has 4 rings (SSSR count). The number of carbonyl (C=O) groups excluding carboxylic acids is 1. The van der Waals surface area contributed by atoms with Crippen LogP contribution in [0.3, 0.4) is 0 Å². The van der Waals surface area contributed by atoms with Gasteiger partial charge < -0.3 is 5.32 Å². The third kappa shape index (κ3) is 3.83. The average molecular weight is 447 g/mol. The van der Waals surface area contributed by atoms with Crippen LogP contribution >= 0.6 is 0 Å². The summed E-state index contributed by atoms with van der Waals surface area (Å²) in [4.78, 5) is 21.7. The molecule has 1 heterocycles. The molecule has 9 heteroatoms. The van der Waals surface area contributed by atoms with Gasteiger partial charge in [-0.1, -0.05) is 37.6 Å². The Morgan fingerprint density at radius 2 is 1.59 bits per heavy atom. The van der Waals surface area contributed by atoms with Crippen molar-refractivity contribution in [3.8, 4) is 11.3 Å². The van der Waals surface area contributed by atoms with E-state index in [2.05, 4.69) is 15.3 Å². The highest BCUT2D eigenvalue weighted by Gasteiger charge is 2.28. The molecule has 4 nitrogen and oxygen atoms in total. The number of benzene rings is 2. The summed E-state index contributed by atoms with van der Waals surface area (Å²) in [6.45, 7) is 1.91. The Bertz CT molecular complexity index is 1200. The van der Waals surface area contributed by atoms with Crippen molar-refractivity contribution in [3.63, 3.8) is 0 Å². The molecule has 3 aromatic rings. The maximum absolute atomic E-state index is 13.9. The first-order chi connectivity index (χ1) is 15.3. The number of hydrogen-bond acceptors (Lipinski definition) is 3. The number of hydrogen-bond donors (Lipinski definition) is 1. The smallest absolute Gasteiger partial charge is 0.230 e. The molecule has 0 bridgehead atoms. The lowest BCUT2D eigenvalue weighted by Gasteiger charge is -2.20. The molecule has 0 aliphatic heterocycles. The van der Waals surface area contributed by atoms with E-state index >= 15 is 0 Å². The minimum Gasteiger partial charge on any atom is -0.309 e. The quantitative estimate of drug-likeness (QED) is 0.338. The first-order valence-electron chi connectivity index (χ1n) is 10.1. The van der Waals surface area contributed by atoms with Crippen LogP contribution in [0.2, 0.25) is 0 Å². The normalized spacial score (nSPS) is 12.3. The van der Waals surface area contributed by atoms with Gasteiger partial charge in [-0.25, -0.2) is 31.9 Å². The zero-order chi connectivity index (χ0) is 23.0. The molecule has 0 spiro atoms. The van der Waals surface area contributed by atoms with Crippen molar-refractivity contribution in [2.24, 2.45) is 0 Å². The van der Waals surface area contributed by atoms with E-state index in [1.54, 1.807) is 0 Å². The fraction of sp³-hybridized carbons (Fsp3) is 0.261. The number of halogens is 5. The van der Waals surface area contributed by atoms with Gasteiger partial charge in [-0.3, -0.25) is 4.79 Å². The number of aromatic nitrogens is 2. The maximum Gasteiger partial charge on any atom is 0.230 e. The minimum atomic E-state index is -2.27. The van der Waals surface area contributed by atoms with Gasteiger partial charge in [-0.05, 0) is 24.8 Å². The molecule has 0 saturated heterocycles. The molecule has 1 N–H and O–H groups in total. The summed E-state index contributed by atoms with van der Waals surface area (Å²) in [5.41, 5.74) is 2.75. The van der Waals surface area contributed by atoms with Crippen molar-refractivity contribution < 1.29 is 26.7 Å². The summed E-state index contributed by atoms with van der Waals surface area (Å²) < 4.78 is 68.0. The average Bonchev–Trinajstić information content (AvgIpc) is 2.79. The van der Waals surface area contributed by atoms with Gasteiger partial charge in [-0.2, -0.15) is 0 Å². The lowest BCUT2D eigenvalue weighted by molar-refractivity contribution is -0.115. The lowest BCUT2D eigenvalue weighted by atomic mass is 9.91. The molecule has 0 saturated carbocycles. The van der Waals surface area contributed by atoms with E-state index in [-0.39, 0.29) is 5.82 Å². The highest BCUT2D eigenvalue weighted by molar-refractivity contribution is 5.92. The van der Waals surface area contributed by atoms with Crippen LogP contribution in [0.25, 0.3) is 11.3 Å². The number of aryl methyl sites for hydroxylation is 3. The summed E-state index contributed by atoms with van der Waals surface area (Å²) in [6.07, 6.45) is 1.45. The second-order valence-electron chi connectivity index (χ2n) is 7.49. The van der Waals surface area contributed by atoms with Crippen LogP contribution in [0.15, 0.2) is 24.3 Å². The Balaban J connectivity index is 1.66. The van der Waals surface area contributed by atoms with E-state index in [4.69, 9.17) is 0 Å². The molecule has 166 valence electrons.